The van der Waals surface area contributed by atoms with E-state index in [4.69, 9.17) is 4.74 Å². The molecular weight excluding hydrogens is 170 g/mol. The lowest BCUT2D eigenvalue weighted by molar-refractivity contribution is 0.0524. The molecule has 0 spiro atoms. The maximum Gasteiger partial charge on any atom is 0.338 e. The van der Waals surface area contributed by atoms with Gasteiger partial charge >= 0.3 is 5.97 Å². The minimum Gasteiger partial charge on any atom is -0.462 e. The van der Waals surface area contributed by atoms with E-state index in [9.17, 15) is 9.59 Å². The van der Waals surface area contributed by atoms with Gasteiger partial charge in [0.05, 0.1) is 12.2 Å². The molecule has 0 aliphatic carbocycles. The van der Waals surface area contributed by atoms with Gasteiger partial charge in [-0.05, 0) is 13.0 Å². The van der Waals surface area contributed by atoms with Crippen LogP contribution in [0.5, 0.6) is 0 Å². The largest absolute Gasteiger partial charge is 0.462 e. The number of aromatic nitrogens is 1. The van der Waals surface area contributed by atoms with E-state index in [0.717, 1.165) is 0 Å². The zero-order valence-electron chi connectivity index (χ0n) is 7.19. The number of ether oxygens (including phenoxy) is 1. The van der Waals surface area contributed by atoms with Gasteiger partial charge < -0.3 is 4.74 Å². The molecule has 4 nitrogen and oxygen atoms in total. The van der Waals surface area contributed by atoms with Gasteiger partial charge in [0.25, 0.3) is 0 Å². The zero-order valence-corrected chi connectivity index (χ0v) is 7.19. The second kappa shape index (κ2) is 4.35. The number of nitrogens with zero attached hydrogens (tertiary/aromatic N) is 1. The van der Waals surface area contributed by atoms with Crippen molar-refractivity contribution in [3.8, 4) is 0 Å². The quantitative estimate of drug-likeness (QED) is 0.514. The van der Waals surface area contributed by atoms with Crippen molar-refractivity contribution in [3.63, 3.8) is 0 Å². The fourth-order valence-electron chi connectivity index (χ4n) is 0.895. The number of pyridine rings is 1. The Hall–Kier alpha value is -1.71. The van der Waals surface area contributed by atoms with E-state index in [1.54, 1.807) is 6.92 Å². The fraction of sp³-hybridized carbons (Fsp3) is 0.222. The second-order valence-electron chi connectivity index (χ2n) is 2.30. The molecule has 0 bridgehead atoms. The van der Waals surface area contributed by atoms with Gasteiger partial charge in [-0.1, -0.05) is 0 Å². The Morgan fingerprint density at radius 1 is 1.69 bits per heavy atom. The summed E-state index contributed by atoms with van der Waals surface area (Å²) in [5.41, 5.74) is 0.507. The molecule has 0 saturated heterocycles. The molecule has 1 aromatic heterocycles. The summed E-state index contributed by atoms with van der Waals surface area (Å²) in [4.78, 5) is 25.4. The molecule has 0 aliphatic heterocycles. The first-order valence-corrected chi connectivity index (χ1v) is 3.86. The molecule has 0 aliphatic rings. The highest BCUT2D eigenvalue weighted by Gasteiger charge is 2.10. The van der Waals surface area contributed by atoms with E-state index in [1.807, 2.05) is 0 Å². The normalized spacial score (nSPS) is 9.31. The predicted octanol–water partition coefficient (Wildman–Crippen LogP) is 1.07. The Morgan fingerprint density at radius 2 is 2.46 bits per heavy atom. The van der Waals surface area contributed by atoms with Gasteiger partial charge in [-0.25, -0.2) is 4.79 Å². The molecule has 0 amide bonds. The molecule has 1 heterocycles. The number of hydrogen-bond acceptors (Lipinski definition) is 4. The van der Waals surface area contributed by atoms with Crippen LogP contribution in [0.4, 0.5) is 0 Å². The van der Waals surface area contributed by atoms with E-state index >= 15 is 0 Å². The second-order valence-corrected chi connectivity index (χ2v) is 2.30. The van der Waals surface area contributed by atoms with Crippen LogP contribution < -0.4 is 0 Å². The van der Waals surface area contributed by atoms with Crippen LogP contribution in [-0.4, -0.2) is 23.8 Å². The van der Waals surface area contributed by atoms with E-state index in [0.29, 0.717) is 12.9 Å². The van der Waals surface area contributed by atoms with E-state index in [-0.39, 0.29) is 11.1 Å². The van der Waals surface area contributed by atoms with E-state index in [1.165, 1.54) is 18.5 Å². The number of esters is 1. The summed E-state index contributed by atoms with van der Waals surface area (Å²) in [6.45, 7) is 2.00. The lowest BCUT2D eigenvalue weighted by atomic mass is 10.1. The van der Waals surface area contributed by atoms with Crippen molar-refractivity contribution in [3.05, 3.63) is 29.6 Å². The van der Waals surface area contributed by atoms with Gasteiger partial charge in [0.2, 0.25) is 0 Å². The minimum atomic E-state index is -0.494. The van der Waals surface area contributed by atoms with E-state index < -0.39 is 5.97 Å². The van der Waals surface area contributed by atoms with Crippen molar-refractivity contribution in [2.24, 2.45) is 0 Å². The molecule has 1 aromatic rings. The molecule has 0 fully saturated rings. The molecule has 0 atom stereocenters. The van der Waals surface area contributed by atoms with Crippen LogP contribution in [0.25, 0.3) is 0 Å². The fourth-order valence-corrected chi connectivity index (χ4v) is 0.895. The molecular formula is C9H9NO3. The molecule has 0 saturated carbocycles. The molecule has 68 valence electrons. The highest BCUT2D eigenvalue weighted by Crippen LogP contribution is 2.05. The summed E-state index contributed by atoms with van der Waals surface area (Å²) in [5, 5.41) is 0. The Bertz CT molecular complexity index is 322. The van der Waals surface area contributed by atoms with Crippen LogP contribution in [0.2, 0.25) is 0 Å². The predicted molar refractivity (Wildman–Crippen MR) is 45.6 cm³/mol. The van der Waals surface area contributed by atoms with Gasteiger partial charge in [-0.2, -0.15) is 0 Å². The number of aldehydes is 1. The van der Waals surface area contributed by atoms with E-state index in [2.05, 4.69) is 4.98 Å². The Balaban J connectivity index is 2.98. The third-order valence-electron chi connectivity index (χ3n) is 1.47. The van der Waals surface area contributed by atoms with Crippen LogP contribution in [0.3, 0.4) is 0 Å². The lowest BCUT2D eigenvalue weighted by Gasteiger charge is -2.02. The zero-order chi connectivity index (χ0) is 9.68. The summed E-state index contributed by atoms with van der Waals surface area (Å²) < 4.78 is 4.74. The van der Waals surface area contributed by atoms with Crippen LogP contribution in [-0.2, 0) is 4.74 Å². The third kappa shape index (κ3) is 2.11. The van der Waals surface area contributed by atoms with Gasteiger partial charge in [0, 0.05) is 18.0 Å². The van der Waals surface area contributed by atoms with Crippen LogP contribution in [0.1, 0.15) is 27.6 Å². The topological polar surface area (TPSA) is 56.3 Å². The van der Waals surface area contributed by atoms with Crippen molar-refractivity contribution >= 4 is 12.3 Å². The maximum absolute atomic E-state index is 11.2. The summed E-state index contributed by atoms with van der Waals surface area (Å²) in [6.07, 6.45) is 3.36. The summed E-state index contributed by atoms with van der Waals surface area (Å²) in [7, 11) is 0. The van der Waals surface area contributed by atoms with Crippen molar-refractivity contribution in [1.29, 1.82) is 0 Å². The van der Waals surface area contributed by atoms with Crippen molar-refractivity contribution in [2.75, 3.05) is 6.61 Å². The highest BCUT2D eigenvalue weighted by atomic mass is 16.5. The number of rotatable bonds is 3. The van der Waals surface area contributed by atoms with Crippen LogP contribution in [0, 0.1) is 0 Å². The molecule has 0 aromatic carbocycles. The van der Waals surface area contributed by atoms with Gasteiger partial charge in [0.15, 0.2) is 6.29 Å². The van der Waals surface area contributed by atoms with Crippen molar-refractivity contribution in [2.45, 2.75) is 6.92 Å². The Labute approximate surface area is 75.5 Å². The lowest BCUT2D eigenvalue weighted by Crippen LogP contribution is -2.07. The Morgan fingerprint density at radius 3 is 3.08 bits per heavy atom. The smallest absolute Gasteiger partial charge is 0.338 e. The molecule has 13 heavy (non-hydrogen) atoms. The summed E-state index contributed by atoms with van der Waals surface area (Å²) in [5.74, 6) is -0.494. The first kappa shape index (κ1) is 9.38. The van der Waals surface area contributed by atoms with Crippen LogP contribution >= 0.6 is 0 Å². The third-order valence-corrected chi connectivity index (χ3v) is 1.47. The summed E-state index contributed by atoms with van der Waals surface area (Å²) >= 11 is 0. The maximum atomic E-state index is 11.2. The standard InChI is InChI=1S/C9H9NO3/c1-2-13-9(12)8-3-4-10-5-7(8)6-11/h3-6H,2H2,1H3. The molecule has 4 heteroatoms. The number of hydrogen-bond donors (Lipinski definition) is 0. The first-order chi connectivity index (χ1) is 6.29. The summed E-state index contributed by atoms with van der Waals surface area (Å²) in [6, 6.07) is 1.46. The highest BCUT2D eigenvalue weighted by molar-refractivity contribution is 5.97. The Kier molecular flexibility index (Phi) is 3.14. The average Bonchev–Trinajstić information content (AvgIpc) is 2.18. The molecule has 0 radical (unpaired) electrons. The SMILES string of the molecule is CCOC(=O)c1ccncc1C=O. The number of carbonyl (C=O) groups is 2. The van der Waals surface area contributed by atoms with Crippen molar-refractivity contribution < 1.29 is 14.3 Å². The minimum absolute atomic E-state index is 0.251. The van der Waals surface area contributed by atoms with Crippen LogP contribution in [0.15, 0.2) is 18.5 Å². The van der Waals surface area contributed by atoms with Crippen molar-refractivity contribution in [1.82, 2.24) is 4.98 Å². The van der Waals surface area contributed by atoms with Gasteiger partial charge in [-0.3, -0.25) is 9.78 Å². The molecule has 0 unspecified atom stereocenters. The van der Waals surface area contributed by atoms with Gasteiger partial charge in [-0.15, -0.1) is 0 Å². The molecule has 0 N–H and O–H groups in total. The monoisotopic (exact) mass is 179 g/mol. The number of carbonyl (C=O) groups excluding carboxylic acids is 2. The molecule has 1 rings (SSSR count). The average molecular weight is 179 g/mol. The van der Waals surface area contributed by atoms with Gasteiger partial charge in [0.1, 0.15) is 0 Å². The first-order valence-electron chi connectivity index (χ1n) is 3.86.